The summed E-state index contributed by atoms with van der Waals surface area (Å²) in [5, 5.41) is 5.02. The van der Waals surface area contributed by atoms with Crippen molar-refractivity contribution in [2.75, 3.05) is 10.6 Å². The first kappa shape index (κ1) is 18.5. The Morgan fingerprint density at radius 2 is 1.19 bits per heavy atom. The highest BCUT2D eigenvalue weighted by atomic mass is 16.2. The second kappa shape index (κ2) is 7.79. The Labute approximate surface area is 148 Å². The lowest BCUT2D eigenvalue weighted by Crippen LogP contribution is -2.45. The molecule has 0 aliphatic heterocycles. The van der Waals surface area contributed by atoms with Crippen molar-refractivity contribution in [2.45, 2.75) is 6.04 Å². The molecule has 1 atom stereocenters. The van der Waals surface area contributed by atoms with Crippen molar-refractivity contribution in [1.29, 1.82) is 0 Å². The van der Waals surface area contributed by atoms with Crippen LogP contribution in [0.2, 0.25) is 0 Å². The number of hydrogen-bond acceptors (Lipinski definition) is 5. The van der Waals surface area contributed by atoms with Gasteiger partial charge in [-0.3, -0.25) is 19.2 Å². The zero-order valence-corrected chi connectivity index (χ0v) is 13.6. The molecule has 0 aliphatic carbocycles. The molecule has 0 spiro atoms. The summed E-state index contributed by atoms with van der Waals surface area (Å²) in [6.45, 7) is 0. The highest BCUT2D eigenvalue weighted by molar-refractivity contribution is 6.14. The van der Waals surface area contributed by atoms with Crippen LogP contribution in [0.15, 0.2) is 48.5 Å². The van der Waals surface area contributed by atoms with Crippen LogP contribution in [0.4, 0.5) is 11.4 Å². The summed E-state index contributed by atoms with van der Waals surface area (Å²) < 4.78 is 0. The first-order valence-corrected chi connectivity index (χ1v) is 7.45. The minimum atomic E-state index is -1.52. The molecule has 26 heavy (non-hydrogen) atoms. The van der Waals surface area contributed by atoms with Crippen molar-refractivity contribution < 1.29 is 19.2 Å². The van der Waals surface area contributed by atoms with Gasteiger partial charge in [-0.15, -0.1) is 0 Å². The fourth-order valence-electron chi connectivity index (χ4n) is 2.26. The van der Waals surface area contributed by atoms with E-state index in [4.69, 9.17) is 17.2 Å². The molecular weight excluding hydrogens is 338 g/mol. The van der Waals surface area contributed by atoms with Crippen molar-refractivity contribution in [1.82, 2.24) is 0 Å². The number of para-hydroxylation sites is 2. The monoisotopic (exact) mass is 355 g/mol. The summed E-state index contributed by atoms with van der Waals surface area (Å²) in [6.07, 6.45) is 0. The maximum Gasteiger partial charge on any atom is 0.256 e. The number of carbonyl (C=O) groups is 4. The molecule has 0 radical (unpaired) electrons. The van der Waals surface area contributed by atoms with Gasteiger partial charge >= 0.3 is 0 Å². The van der Waals surface area contributed by atoms with Crippen LogP contribution < -0.4 is 27.8 Å². The molecule has 0 aromatic heterocycles. The molecule has 0 saturated carbocycles. The Balaban J connectivity index is 2.29. The number of hydrogen-bond donors (Lipinski definition) is 5. The Bertz CT molecular complexity index is 881. The number of primary amides is 3. The van der Waals surface area contributed by atoms with Crippen molar-refractivity contribution >= 4 is 35.0 Å². The molecule has 134 valence electrons. The van der Waals surface area contributed by atoms with Crippen LogP contribution in [0, 0.1) is 0 Å². The average Bonchev–Trinajstić information content (AvgIpc) is 2.59. The molecule has 0 heterocycles. The predicted molar refractivity (Wildman–Crippen MR) is 95.2 cm³/mol. The van der Waals surface area contributed by atoms with Gasteiger partial charge in [0.2, 0.25) is 5.91 Å². The summed E-state index contributed by atoms with van der Waals surface area (Å²) in [5.41, 5.74) is 16.3. The predicted octanol–water partition coefficient (Wildman–Crippen LogP) is -0.211. The lowest BCUT2D eigenvalue weighted by atomic mass is 10.1. The van der Waals surface area contributed by atoms with E-state index in [1.54, 1.807) is 24.3 Å². The first-order chi connectivity index (χ1) is 12.3. The van der Waals surface area contributed by atoms with E-state index in [0.29, 0.717) is 0 Å². The van der Waals surface area contributed by atoms with Gasteiger partial charge in [0.25, 0.3) is 17.7 Å². The molecule has 8 N–H and O–H groups in total. The topological polar surface area (TPSA) is 170 Å². The van der Waals surface area contributed by atoms with E-state index in [9.17, 15) is 19.2 Å². The zero-order valence-electron chi connectivity index (χ0n) is 13.6. The minimum Gasteiger partial charge on any atom is -0.367 e. The lowest BCUT2D eigenvalue weighted by Gasteiger charge is -2.18. The van der Waals surface area contributed by atoms with E-state index in [-0.39, 0.29) is 22.5 Å². The van der Waals surface area contributed by atoms with Crippen LogP contribution in [0.5, 0.6) is 0 Å². The normalized spacial score (nSPS) is 11.2. The Morgan fingerprint density at radius 1 is 0.731 bits per heavy atom. The van der Waals surface area contributed by atoms with Crippen LogP contribution >= 0.6 is 0 Å². The second-order valence-corrected chi connectivity index (χ2v) is 5.29. The molecule has 9 nitrogen and oxygen atoms in total. The quantitative estimate of drug-likeness (QED) is 0.432. The van der Waals surface area contributed by atoms with Crippen molar-refractivity contribution in [3.8, 4) is 0 Å². The van der Waals surface area contributed by atoms with E-state index < -0.39 is 29.7 Å². The molecule has 0 bridgehead atoms. The smallest absolute Gasteiger partial charge is 0.256 e. The van der Waals surface area contributed by atoms with E-state index in [2.05, 4.69) is 10.6 Å². The second-order valence-electron chi connectivity index (χ2n) is 5.29. The van der Waals surface area contributed by atoms with Crippen molar-refractivity contribution in [3.63, 3.8) is 0 Å². The van der Waals surface area contributed by atoms with E-state index in [1.165, 1.54) is 24.3 Å². The van der Waals surface area contributed by atoms with Gasteiger partial charge in [0.15, 0.2) is 6.04 Å². The fraction of sp³-hybridized carbons (Fsp3) is 0.0588. The SMILES string of the molecule is NC(=O)c1ccccc1NC(=O)C(Nc1ccccc1C(N)=O)C(N)=O. The Kier molecular flexibility index (Phi) is 5.53. The number of nitrogens with two attached hydrogens (primary N) is 3. The van der Waals surface area contributed by atoms with Gasteiger partial charge in [0, 0.05) is 5.69 Å². The third-order valence-electron chi connectivity index (χ3n) is 3.49. The maximum absolute atomic E-state index is 12.5. The zero-order chi connectivity index (χ0) is 19.3. The van der Waals surface area contributed by atoms with E-state index in [1.807, 2.05) is 0 Å². The van der Waals surface area contributed by atoms with Crippen LogP contribution in [0.3, 0.4) is 0 Å². The molecule has 2 aromatic carbocycles. The molecule has 2 aromatic rings. The first-order valence-electron chi connectivity index (χ1n) is 7.45. The molecule has 4 amide bonds. The van der Waals surface area contributed by atoms with E-state index >= 15 is 0 Å². The van der Waals surface area contributed by atoms with Crippen molar-refractivity contribution in [3.05, 3.63) is 59.7 Å². The number of carbonyl (C=O) groups excluding carboxylic acids is 4. The third-order valence-corrected chi connectivity index (χ3v) is 3.49. The highest BCUT2D eigenvalue weighted by Gasteiger charge is 2.26. The van der Waals surface area contributed by atoms with Gasteiger partial charge in [-0.2, -0.15) is 0 Å². The Morgan fingerprint density at radius 3 is 1.69 bits per heavy atom. The van der Waals surface area contributed by atoms with Gasteiger partial charge in [-0.25, -0.2) is 0 Å². The number of nitrogens with one attached hydrogen (secondary N) is 2. The highest BCUT2D eigenvalue weighted by Crippen LogP contribution is 2.18. The van der Waals surface area contributed by atoms with Gasteiger partial charge in [0.1, 0.15) is 0 Å². The molecule has 1 unspecified atom stereocenters. The minimum absolute atomic E-state index is 0.0709. The molecule has 0 aliphatic rings. The molecule has 0 saturated heterocycles. The molecule has 2 rings (SSSR count). The molecule has 9 heteroatoms. The van der Waals surface area contributed by atoms with Crippen LogP contribution in [0.25, 0.3) is 0 Å². The largest absolute Gasteiger partial charge is 0.367 e. The summed E-state index contributed by atoms with van der Waals surface area (Å²) in [6, 6.07) is 10.6. The summed E-state index contributed by atoms with van der Waals surface area (Å²) >= 11 is 0. The third kappa shape index (κ3) is 4.15. The van der Waals surface area contributed by atoms with Crippen molar-refractivity contribution in [2.24, 2.45) is 17.2 Å². The molecule has 0 fully saturated rings. The van der Waals surface area contributed by atoms with Gasteiger partial charge < -0.3 is 27.8 Å². The van der Waals surface area contributed by atoms with Gasteiger partial charge in [-0.1, -0.05) is 24.3 Å². The van der Waals surface area contributed by atoms with Crippen LogP contribution in [-0.2, 0) is 9.59 Å². The molecular formula is C17H17N5O4. The number of amides is 4. The van der Waals surface area contributed by atoms with Gasteiger partial charge in [-0.05, 0) is 24.3 Å². The average molecular weight is 355 g/mol. The van der Waals surface area contributed by atoms with Crippen LogP contribution in [0.1, 0.15) is 20.7 Å². The maximum atomic E-state index is 12.5. The lowest BCUT2D eigenvalue weighted by molar-refractivity contribution is -0.125. The summed E-state index contributed by atoms with van der Waals surface area (Å²) in [4.78, 5) is 47.1. The fourth-order valence-corrected chi connectivity index (χ4v) is 2.26. The Hall–Kier alpha value is -3.88. The van der Waals surface area contributed by atoms with Gasteiger partial charge in [0.05, 0.1) is 16.8 Å². The standard InChI is InChI=1S/C17H17N5O4/c18-14(23)9-5-1-3-7-11(9)21-13(16(20)25)17(26)22-12-8-4-2-6-10(12)15(19)24/h1-8,13,21H,(H2,18,23)(H2,19,24)(H2,20,25)(H,22,26). The number of benzene rings is 2. The number of anilines is 2. The number of rotatable bonds is 7. The van der Waals surface area contributed by atoms with Crippen LogP contribution in [-0.4, -0.2) is 29.7 Å². The summed E-state index contributed by atoms with van der Waals surface area (Å²) in [7, 11) is 0. The van der Waals surface area contributed by atoms with E-state index in [0.717, 1.165) is 0 Å². The summed E-state index contributed by atoms with van der Waals surface area (Å²) in [5.74, 6) is -3.30.